The Bertz CT molecular complexity index is 385. The van der Waals surface area contributed by atoms with E-state index < -0.39 is 0 Å². The van der Waals surface area contributed by atoms with Gasteiger partial charge in [-0.3, -0.25) is 14.4 Å². The van der Waals surface area contributed by atoms with Gasteiger partial charge < -0.3 is 15.5 Å². The molecule has 7 heteroatoms. The molecule has 1 aliphatic heterocycles. The van der Waals surface area contributed by atoms with Crippen molar-refractivity contribution >= 4 is 29.5 Å². The van der Waals surface area contributed by atoms with Crippen LogP contribution in [0.1, 0.15) is 20.3 Å². The zero-order valence-corrected chi connectivity index (χ0v) is 13.1. The second-order valence-electron chi connectivity index (χ2n) is 5.44. The topological polar surface area (TPSA) is 78.5 Å². The number of nitrogens with zero attached hydrogens (tertiary/aromatic N) is 1. The predicted octanol–water partition coefficient (Wildman–Crippen LogP) is -0.160. The van der Waals surface area contributed by atoms with Gasteiger partial charge in [0.05, 0.1) is 11.5 Å². The van der Waals surface area contributed by atoms with Crippen LogP contribution in [0.5, 0.6) is 0 Å². The highest BCUT2D eigenvalue weighted by Crippen LogP contribution is 2.29. The van der Waals surface area contributed by atoms with Gasteiger partial charge in [-0.1, -0.05) is 13.8 Å². The zero-order chi connectivity index (χ0) is 15.2. The number of carbonyl (C=O) groups is 3. The molecule has 0 aliphatic carbocycles. The number of hydrogen-bond donors (Lipinski definition) is 2. The molecule has 0 saturated carbocycles. The molecule has 0 spiro atoms. The molecule has 20 heavy (non-hydrogen) atoms. The lowest BCUT2D eigenvalue weighted by Crippen LogP contribution is -2.38. The van der Waals surface area contributed by atoms with Crippen molar-refractivity contribution in [2.45, 2.75) is 20.3 Å². The standard InChI is InChI=1S/C13H23N3O3S/c1-13(2)4-6-16(12(13)19)7-5-15-11(18)9-20-8-10(17)14-3/h4-9H2,1-3H3,(H,14,17)(H,15,18). The number of rotatable bonds is 7. The van der Waals surface area contributed by atoms with Gasteiger partial charge in [-0.25, -0.2) is 0 Å². The molecule has 1 fully saturated rings. The van der Waals surface area contributed by atoms with Crippen molar-refractivity contribution in [2.75, 3.05) is 38.2 Å². The van der Waals surface area contributed by atoms with E-state index in [9.17, 15) is 14.4 Å². The van der Waals surface area contributed by atoms with Crippen LogP contribution in [0.15, 0.2) is 0 Å². The van der Waals surface area contributed by atoms with Crippen molar-refractivity contribution in [1.82, 2.24) is 15.5 Å². The highest BCUT2D eigenvalue weighted by atomic mass is 32.2. The molecule has 6 nitrogen and oxygen atoms in total. The van der Waals surface area contributed by atoms with E-state index in [0.717, 1.165) is 13.0 Å². The summed E-state index contributed by atoms with van der Waals surface area (Å²) in [6, 6.07) is 0. The smallest absolute Gasteiger partial charge is 0.230 e. The van der Waals surface area contributed by atoms with Crippen LogP contribution >= 0.6 is 11.8 Å². The van der Waals surface area contributed by atoms with Crippen molar-refractivity contribution in [3.63, 3.8) is 0 Å². The van der Waals surface area contributed by atoms with E-state index in [1.54, 1.807) is 11.9 Å². The summed E-state index contributed by atoms with van der Waals surface area (Å²) in [7, 11) is 1.57. The number of nitrogens with one attached hydrogen (secondary N) is 2. The monoisotopic (exact) mass is 301 g/mol. The Morgan fingerprint density at radius 3 is 2.50 bits per heavy atom. The van der Waals surface area contributed by atoms with Crippen molar-refractivity contribution in [3.8, 4) is 0 Å². The minimum atomic E-state index is -0.270. The van der Waals surface area contributed by atoms with E-state index in [0.29, 0.717) is 13.1 Å². The molecule has 114 valence electrons. The maximum absolute atomic E-state index is 11.9. The fraction of sp³-hybridized carbons (Fsp3) is 0.769. The number of likely N-dealkylation sites (tertiary alicyclic amines) is 1. The van der Waals surface area contributed by atoms with Gasteiger partial charge in [0.25, 0.3) is 0 Å². The number of thioether (sulfide) groups is 1. The minimum absolute atomic E-state index is 0.0901. The Balaban J connectivity index is 2.14. The van der Waals surface area contributed by atoms with E-state index in [1.807, 2.05) is 13.8 Å². The van der Waals surface area contributed by atoms with E-state index in [1.165, 1.54) is 11.8 Å². The molecule has 0 aromatic heterocycles. The van der Waals surface area contributed by atoms with Crippen LogP contribution in [-0.4, -0.2) is 60.8 Å². The summed E-state index contributed by atoms with van der Waals surface area (Å²) in [5, 5.41) is 5.26. The summed E-state index contributed by atoms with van der Waals surface area (Å²) >= 11 is 1.27. The third kappa shape index (κ3) is 5.03. The quantitative estimate of drug-likeness (QED) is 0.685. The Kier molecular flexibility index (Phi) is 6.32. The molecule has 0 radical (unpaired) electrons. The lowest BCUT2D eigenvalue weighted by Gasteiger charge is -2.19. The minimum Gasteiger partial charge on any atom is -0.358 e. The van der Waals surface area contributed by atoms with Crippen LogP contribution in [0.4, 0.5) is 0 Å². The van der Waals surface area contributed by atoms with Crippen LogP contribution in [0, 0.1) is 5.41 Å². The molecule has 0 aromatic carbocycles. The van der Waals surface area contributed by atoms with Gasteiger partial charge in [0.1, 0.15) is 0 Å². The maximum atomic E-state index is 11.9. The first kappa shape index (κ1) is 16.8. The average molecular weight is 301 g/mol. The Morgan fingerprint density at radius 1 is 1.30 bits per heavy atom. The SMILES string of the molecule is CNC(=O)CSCC(=O)NCCN1CCC(C)(C)C1=O. The highest BCUT2D eigenvalue weighted by Gasteiger charge is 2.37. The zero-order valence-electron chi connectivity index (χ0n) is 12.3. The predicted molar refractivity (Wildman–Crippen MR) is 79.4 cm³/mol. The summed E-state index contributed by atoms with van der Waals surface area (Å²) in [5.74, 6) is 0.494. The molecule has 1 saturated heterocycles. The van der Waals surface area contributed by atoms with Crippen molar-refractivity contribution in [3.05, 3.63) is 0 Å². The number of hydrogen-bond acceptors (Lipinski definition) is 4. The second-order valence-corrected chi connectivity index (χ2v) is 6.43. The molecule has 1 heterocycles. The van der Waals surface area contributed by atoms with Gasteiger partial charge in [-0.15, -0.1) is 11.8 Å². The van der Waals surface area contributed by atoms with Crippen LogP contribution < -0.4 is 10.6 Å². The van der Waals surface area contributed by atoms with Crippen molar-refractivity contribution in [2.24, 2.45) is 5.41 Å². The summed E-state index contributed by atoms with van der Waals surface area (Å²) in [5.41, 5.74) is -0.270. The van der Waals surface area contributed by atoms with Gasteiger partial charge in [-0.2, -0.15) is 0 Å². The fourth-order valence-corrected chi connectivity index (χ4v) is 2.67. The first-order chi connectivity index (χ1) is 9.36. The molecule has 1 rings (SSSR count). The molecular weight excluding hydrogens is 278 g/mol. The summed E-state index contributed by atoms with van der Waals surface area (Å²) < 4.78 is 0. The Hall–Kier alpha value is -1.24. The van der Waals surface area contributed by atoms with Crippen molar-refractivity contribution in [1.29, 1.82) is 0 Å². The second kappa shape index (κ2) is 7.52. The molecule has 2 N–H and O–H groups in total. The summed E-state index contributed by atoms with van der Waals surface area (Å²) in [6.07, 6.45) is 0.863. The summed E-state index contributed by atoms with van der Waals surface area (Å²) in [4.78, 5) is 36.2. The highest BCUT2D eigenvalue weighted by molar-refractivity contribution is 8.00. The third-order valence-electron chi connectivity index (χ3n) is 3.32. The number of amides is 3. The molecule has 1 aliphatic rings. The van der Waals surface area contributed by atoms with E-state index in [-0.39, 0.29) is 34.6 Å². The largest absolute Gasteiger partial charge is 0.358 e. The van der Waals surface area contributed by atoms with E-state index in [2.05, 4.69) is 10.6 Å². The van der Waals surface area contributed by atoms with Gasteiger partial charge in [0.2, 0.25) is 17.7 Å². The summed E-state index contributed by atoms with van der Waals surface area (Å²) in [6.45, 7) is 5.66. The lowest BCUT2D eigenvalue weighted by molar-refractivity contribution is -0.134. The maximum Gasteiger partial charge on any atom is 0.230 e. The van der Waals surface area contributed by atoms with Crippen molar-refractivity contribution < 1.29 is 14.4 Å². The lowest BCUT2D eigenvalue weighted by atomic mass is 9.92. The normalized spacial score (nSPS) is 17.1. The van der Waals surface area contributed by atoms with Gasteiger partial charge in [-0.05, 0) is 6.42 Å². The van der Waals surface area contributed by atoms with Crippen LogP contribution in [0.2, 0.25) is 0 Å². The molecule has 0 aromatic rings. The average Bonchev–Trinajstić information content (AvgIpc) is 2.65. The fourth-order valence-electron chi connectivity index (χ4n) is 1.95. The molecular formula is C13H23N3O3S. The van der Waals surface area contributed by atoms with Crippen LogP contribution in [-0.2, 0) is 14.4 Å². The van der Waals surface area contributed by atoms with Gasteiger partial charge >= 0.3 is 0 Å². The first-order valence-electron chi connectivity index (χ1n) is 6.71. The van der Waals surface area contributed by atoms with Gasteiger partial charge in [0, 0.05) is 32.1 Å². The van der Waals surface area contributed by atoms with Crippen LogP contribution in [0.25, 0.3) is 0 Å². The van der Waals surface area contributed by atoms with Crippen LogP contribution in [0.3, 0.4) is 0 Å². The number of carbonyl (C=O) groups excluding carboxylic acids is 3. The van der Waals surface area contributed by atoms with Gasteiger partial charge in [0.15, 0.2) is 0 Å². The Morgan fingerprint density at radius 2 is 1.95 bits per heavy atom. The molecule has 0 atom stereocenters. The Labute approximate surface area is 124 Å². The van der Waals surface area contributed by atoms with E-state index in [4.69, 9.17) is 0 Å². The molecule has 3 amide bonds. The molecule has 0 unspecified atom stereocenters. The third-order valence-corrected chi connectivity index (χ3v) is 4.25. The van der Waals surface area contributed by atoms with E-state index >= 15 is 0 Å². The molecule has 0 bridgehead atoms. The first-order valence-corrected chi connectivity index (χ1v) is 7.86.